The van der Waals surface area contributed by atoms with Gasteiger partial charge in [-0.15, -0.1) is 0 Å². The highest BCUT2D eigenvalue weighted by Crippen LogP contribution is 2.31. The Balaban J connectivity index is 1.79. The van der Waals surface area contributed by atoms with Crippen LogP contribution in [-0.4, -0.2) is 37.9 Å². The lowest BCUT2D eigenvalue weighted by Gasteiger charge is -2.23. The smallest absolute Gasteiger partial charge is 0.260 e. The van der Waals surface area contributed by atoms with Gasteiger partial charge in [-0.1, -0.05) is 54.4 Å². The number of nitrogens with zero attached hydrogens (tertiary/aromatic N) is 3. The Hall–Kier alpha value is -2.81. The second-order valence-electron chi connectivity index (χ2n) is 7.78. The molecule has 0 fully saturated rings. The predicted molar refractivity (Wildman–Crippen MR) is 139 cm³/mol. The molecule has 0 aliphatic rings. The van der Waals surface area contributed by atoms with Crippen molar-refractivity contribution >= 4 is 51.0 Å². The van der Waals surface area contributed by atoms with Crippen LogP contribution in [0.15, 0.2) is 53.6 Å². The number of hydrogen-bond donors (Lipinski definition) is 1. The van der Waals surface area contributed by atoms with Gasteiger partial charge in [-0.2, -0.15) is 5.10 Å². The number of aromatic nitrogens is 1. The highest BCUT2D eigenvalue weighted by atomic mass is 35.5. The maximum Gasteiger partial charge on any atom is 0.260 e. The highest BCUT2D eigenvalue weighted by Gasteiger charge is 2.22. The third-order valence-electron chi connectivity index (χ3n) is 5.36. The molecule has 3 aromatic rings. The Morgan fingerprint density at radius 3 is 2.53 bits per heavy atom. The van der Waals surface area contributed by atoms with Gasteiger partial charge >= 0.3 is 0 Å². The first kappa shape index (κ1) is 25.8. The van der Waals surface area contributed by atoms with Crippen molar-refractivity contribution in [2.45, 2.75) is 27.2 Å². The average Bonchev–Trinajstić information content (AvgIpc) is 3.06. The van der Waals surface area contributed by atoms with Crippen LogP contribution >= 0.6 is 23.2 Å². The summed E-state index contributed by atoms with van der Waals surface area (Å²) in [6.45, 7) is 5.37. The summed E-state index contributed by atoms with van der Waals surface area (Å²) >= 11 is 12.6. The van der Waals surface area contributed by atoms with Crippen molar-refractivity contribution in [3.8, 4) is 5.69 Å². The van der Waals surface area contributed by atoms with E-state index in [0.717, 1.165) is 38.8 Å². The summed E-state index contributed by atoms with van der Waals surface area (Å²) in [5.74, 6) is -0.556. The average molecular weight is 521 g/mol. The number of carbonyl (C=O) groups is 1. The summed E-state index contributed by atoms with van der Waals surface area (Å²) in [4.78, 5) is 12.6. The van der Waals surface area contributed by atoms with Crippen LogP contribution in [0.5, 0.6) is 0 Å². The van der Waals surface area contributed by atoms with E-state index in [-0.39, 0.29) is 6.54 Å². The molecule has 7 nitrogen and oxygen atoms in total. The van der Waals surface area contributed by atoms with Crippen LogP contribution in [0.3, 0.4) is 0 Å². The lowest BCUT2D eigenvalue weighted by atomic mass is 10.1. The minimum absolute atomic E-state index is 0.385. The van der Waals surface area contributed by atoms with Crippen LogP contribution in [-0.2, 0) is 21.2 Å². The topological polar surface area (TPSA) is 83.8 Å². The molecule has 2 aromatic carbocycles. The van der Waals surface area contributed by atoms with Crippen LogP contribution in [0.25, 0.3) is 5.69 Å². The molecule has 0 aliphatic heterocycles. The lowest BCUT2D eigenvalue weighted by Crippen LogP contribution is -2.39. The van der Waals surface area contributed by atoms with Gasteiger partial charge in [0.15, 0.2) is 0 Å². The number of hydrazone groups is 1. The molecule has 10 heteroatoms. The number of para-hydroxylation sites is 1. The van der Waals surface area contributed by atoms with E-state index in [1.165, 1.54) is 6.21 Å². The maximum absolute atomic E-state index is 12.6. The van der Waals surface area contributed by atoms with Gasteiger partial charge in [-0.25, -0.2) is 13.8 Å². The maximum atomic E-state index is 12.6. The molecule has 34 heavy (non-hydrogen) atoms. The van der Waals surface area contributed by atoms with Crippen LogP contribution in [0.2, 0.25) is 10.0 Å². The van der Waals surface area contributed by atoms with Gasteiger partial charge in [0.05, 0.1) is 33.9 Å². The van der Waals surface area contributed by atoms with Crippen LogP contribution in [0, 0.1) is 13.8 Å². The highest BCUT2D eigenvalue weighted by molar-refractivity contribution is 7.92. The molecule has 0 aliphatic carbocycles. The van der Waals surface area contributed by atoms with Gasteiger partial charge in [0.25, 0.3) is 5.91 Å². The molecule has 0 bridgehead atoms. The quantitative estimate of drug-likeness (QED) is 0.339. The first-order valence-corrected chi connectivity index (χ1v) is 13.2. The fourth-order valence-corrected chi connectivity index (χ4v) is 5.00. The van der Waals surface area contributed by atoms with Crippen molar-refractivity contribution in [3.63, 3.8) is 0 Å². The van der Waals surface area contributed by atoms with E-state index in [0.29, 0.717) is 22.2 Å². The number of rotatable bonds is 8. The molecule has 1 amide bonds. The van der Waals surface area contributed by atoms with Crippen LogP contribution < -0.4 is 9.73 Å². The first-order valence-electron chi connectivity index (χ1n) is 10.6. The summed E-state index contributed by atoms with van der Waals surface area (Å²) in [5, 5.41) is 4.94. The molecule has 180 valence electrons. The number of halogens is 2. The third-order valence-corrected chi connectivity index (χ3v) is 7.30. The molecule has 0 saturated carbocycles. The molecule has 1 aromatic heterocycles. The number of carbonyl (C=O) groups excluding carboxylic acids is 1. The molecule has 0 unspecified atom stereocenters. The molecule has 1 heterocycles. The molecule has 0 spiro atoms. The van der Waals surface area contributed by atoms with Crippen LogP contribution in [0.4, 0.5) is 5.69 Å². The van der Waals surface area contributed by atoms with Crippen molar-refractivity contribution < 1.29 is 13.2 Å². The molecular weight excluding hydrogens is 495 g/mol. The summed E-state index contributed by atoms with van der Waals surface area (Å²) in [7, 11) is -3.68. The minimum atomic E-state index is -3.68. The number of nitrogens with one attached hydrogen (secondary N) is 1. The zero-order valence-electron chi connectivity index (χ0n) is 19.3. The molecular formula is C24H26Cl2N4O3S. The number of amides is 1. The Morgan fingerprint density at radius 1 is 1.15 bits per heavy atom. The molecule has 0 atom stereocenters. The second kappa shape index (κ2) is 10.6. The largest absolute Gasteiger partial charge is 0.316 e. The fourth-order valence-electron chi connectivity index (χ4n) is 3.73. The van der Waals surface area contributed by atoms with E-state index in [2.05, 4.69) is 10.5 Å². The molecule has 1 N–H and O–H groups in total. The molecule has 3 rings (SSSR count). The second-order valence-corrected chi connectivity index (χ2v) is 10.5. The normalized spacial score (nSPS) is 11.7. The monoisotopic (exact) mass is 520 g/mol. The Kier molecular flexibility index (Phi) is 8.07. The van der Waals surface area contributed by atoms with E-state index >= 15 is 0 Å². The van der Waals surface area contributed by atoms with Crippen LogP contribution in [0.1, 0.15) is 29.4 Å². The molecule has 0 radical (unpaired) electrons. The minimum Gasteiger partial charge on any atom is -0.316 e. The van der Waals surface area contributed by atoms with Gasteiger partial charge in [0.2, 0.25) is 10.0 Å². The van der Waals surface area contributed by atoms with Crippen molar-refractivity contribution in [3.05, 3.63) is 81.1 Å². The van der Waals surface area contributed by atoms with E-state index in [4.69, 9.17) is 23.2 Å². The van der Waals surface area contributed by atoms with Gasteiger partial charge in [-0.05, 0) is 50.1 Å². The Labute approximate surface area is 210 Å². The van der Waals surface area contributed by atoms with Gasteiger partial charge in [0.1, 0.15) is 6.54 Å². The lowest BCUT2D eigenvalue weighted by molar-refractivity contribution is -0.119. The summed E-state index contributed by atoms with van der Waals surface area (Å²) in [6.07, 6.45) is 3.22. The van der Waals surface area contributed by atoms with E-state index in [1.54, 1.807) is 18.2 Å². The standard InChI is InChI=1S/C24H26Cl2N4O3S/c1-5-18-9-6-7-11-21(18)29(34(4,32)33)15-23(31)28-27-14-19-13-16(2)30(17(19)3)22-12-8-10-20(25)24(22)26/h6-14H,5,15H2,1-4H3,(H,28,31)/b27-14-. The van der Waals surface area contributed by atoms with Gasteiger partial charge in [0, 0.05) is 17.0 Å². The van der Waals surface area contributed by atoms with Crippen molar-refractivity contribution in [2.75, 3.05) is 17.1 Å². The van der Waals surface area contributed by atoms with Gasteiger partial charge < -0.3 is 4.57 Å². The molecule has 0 saturated heterocycles. The number of aryl methyl sites for hydroxylation is 2. The number of anilines is 1. The number of benzene rings is 2. The van der Waals surface area contributed by atoms with E-state index in [9.17, 15) is 13.2 Å². The zero-order valence-corrected chi connectivity index (χ0v) is 21.7. The van der Waals surface area contributed by atoms with E-state index in [1.807, 2.05) is 55.7 Å². The number of hydrogen-bond acceptors (Lipinski definition) is 4. The first-order chi connectivity index (χ1) is 16.0. The van der Waals surface area contributed by atoms with Crippen molar-refractivity contribution in [2.24, 2.45) is 5.10 Å². The summed E-state index contributed by atoms with van der Waals surface area (Å²) < 4.78 is 27.8. The number of sulfonamides is 1. The SMILES string of the molecule is CCc1ccccc1N(CC(=O)N/N=C\c1cc(C)n(-c2cccc(Cl)c2Cl)c1C)S(C)(=O)=O. The fraction of sp³-hybridized carbons (Fsp3) is 0.250. The van der Waals surface area contributed by atoms with E-state index < -0.39 is 15.9 Å². The summed E-state index contributed by atoms with van der Waals surface area (Å²) in [6, 6.07) is 14.4. The third kappa shape index (κ3) is 5.63. The Morgan fingerprint density at radius 2 is 1.85 bits per heavy atom. The van der Waals surface area contributed by atoms with Crippen molar-refractivity contribution in [1.82, 2.24) is 9.99 Å². The van der Waals surface area contributed by atoms with Crippen molar-refractivity contribution in [1.29, 1.82) is 0 Å². The zero-order chi connectivity index (χ0) is 25.0. The Bertz CT molecular complexity index is 1350. The summed E-state index contributed by atoms with van der Waals surface area (Å²) in [5.41, 5.74) is 7.01. The van der Waals surface area contributed by atoms with Gasteiger partial charge in [-0.3, -0.25) is 9.10 Å². The predicted octanol–water partition coefficient (Wildman–Crippen LogP) is 4.88.